The lowest BCUT2D eigenvalue weighted by Gasteiger charge is -2.46. The molecule has 2 saturated heterocycles. The third kappa shape index (κ3) is 4.12. The standard InChI is InChI=1S/C27H29N3O4/c1-27(2)16-24(31)30(29(27)18-19-9-5-3-6-10-19)25(32)22-15-20-13-14-23(22)28(17-20)26(33)34-21-11-7-4-8-12-21/h3-14,20,22-23H,15-18H2,1-2H3/t20-,22+,23+/m0/s1. The second-order valence-corrected chi connectivity index (χ2v) is 9.89. The second-order valence-electron chi connectivity index (χ2n) is 9.89. The molecule has 176 valence electrons. The van der Waals surface area contributed by atoms with Gasteiger partial charge >= 0.3 is 6.09 Å². The number of imide groups is 1. The number of benzene rings is 2. The van der Waals surface area contributed by atoms with Crippen molar-refractivity contribution in [2.24, 2.45) is 11.8 Å². The van der Waals surface area contributed by atoms with E-state index < -0.39 is 23.6 Å². The molecule has 4 aliphatic rings. The van der Waals surface area contributed by atoms with Crippen molar-refractivity contribution in [3.8, 4) is 5.75 Å². The molecule has 1 aliphatic carbocycles. The molecule has 3 heterocycles. The Morgan fingerprint density at radius 2 is 1.68 bits per heavy atom. The molecule has 34 heavy (non-hydrogen) atoms. The molecular weight excluding hydrogens is 430 g/mol. The summed E-state index contributed by atoms with van der Waals surface area (Å²) in [4.78, 5) is 41.6. The molecular formula is C27H29N3O4. The number of ether oxygens (including phenoxy) is 1. The molecule has 2 aromatic carbocycles. The van der Waals surface area contributed by atoms with Gasteiger partial charge in [-0.2, -0.15) is 0 Å². The summed E-state index contributed by atoms with van der Waals surface area (Å²) in [5.41, 5.74) is 0.541. The van der Waals surface area contributed by atoms with Crippen molar-refractivity contribution >= 4 is 17.9 Å². The number of carbonyl (C=O) groups excluding carboxylic acids is 3. The van der Waals surface area contributed by atoms with E-state index in [2.05, 4.69) is 6.08 Å². The van der Waals surface area contributed by atoms with Crippen molar-refractivity contribution in [1.29, 1.82) is 0 Å². The Morgan fingerprint density at radius 3 is 2.35 bits per heavy atom. The van der Waals surface area contributed by atoms with Crippen LogP contribution in [0.4, 0.5) is 4.79 Å². The SMILES string of the molecule is CC1(C)CC(=O)N(C(=O)[C@@H]2C[C@@H]3C=C[C@H]2N(C(=O)Oc2ccccc2)C3)N1Cc1ccccc1. The number of carbonyl (C=O) groups is 3. The first kappa shape index (κ1) is 22.3. The van der Waals surface area contributed by atoms with Crippen LogP contribution in [0.1, 0.15) is 32.3 Å². The first-order chi connectivity index (χ1) is 16.3. The fourth-order valence-corrected chi connectivity index (χ4v) is 5.25. The lowest BCUT2D eigenvalue weighted by Crippen LogP contribution is -2.60. The predicted octanol–water partition coefficient (Wildman–Crippen LogP) is 4.02. The van der Waals surface area contributed by atoms with E-state index in [1.807, 2.05) is 61.3 Å². The number of hydrogen-bond acceptors (Lipinski definition) is 5. The average molecular weight is 460 g/mol. The molecule has 0 N–H and O–H groups in total. The number of nitrogens with zero attached hydrogens (tertiary/aromatic N) is 3. The second kappa shape index (κ2) is 8.72. The first-order valence-electron chi connectivity index (χ1n) is 11.7. The summed E-state index contributed by atoms with van der Waals surface area (Å²) < 4.78 is 5.57. The van der Waals surface area contributed by atoms with Gasteiger partial charge in [0.25, 0.3) is 0 Å². The Hall–Kier alpha value is -3.45. The minimum atomic E-state index is -0.497. The summed E-state index contributed by atoms with van der Waals surface area (Å²) in [7, 11) is 0. The zero-order valence-corrected chi connectivity index (χ0v) is 19.5. The van der Waals surface area contributed by atoms with Gasteiger partial charge in [0.05, 0.1) is 12.0 Å². The minimum Gasteiger partial charge on any atom is -0.410 e. The molecule has 0 spiro atoms. The van der Waals surface area contributed by atoms with Crippen LogP contribution in [0.25, 0.3) is 0 Å². The van der Waals surface area contributed by atoms with Crippen molar-refractivity contribution in [1.82, 2.24) is 14.9 Å². The van der Waals surface area contributed by atoms with Crippen LogP contribution in [0.2, 0.25) is 0 Å². The molecule has 7 heteroatoms. The summed E-state index contributed by atoms with van der Waals surface area (Å²) in [6.45, 7) is 4.93. The van der Waals surface area contributed by atoms with Crippen LogP contribution in [0.5, 0.6) is 5.75 Å². The average Bonchev–Trinajstić information content (AvgIpc) is 3.07. The van der Waals surface area contributed by atoms with Crippen molar-refractivity contribution in [3.63, 3.8) is 0 Å². The highest BCUT2D eigenvalue weighted by atomic mass is 16.6. The predicted molar refractivity (Wildman–Crippen MR) is 126 cm³/mol. The molecule has 0 saturated carbocycles. The maximum Gasteiger partial charge on any atom is 0.415 e. The number of piperidine rings is 1. The molecule has 2 fully saturated rings. The number of hydrogen-bond donors (Lipinski definition) is 0. The largest absolute Gasteiger partial charge is 0.415 e. The Morgan fingerprint density at radius 1 is 1.00 bits per heavy atom. The third-order valence-electron chi connectivity index (χ3n) is 6.98. The summed E-state index contributed by atoms with van der Waals surface area (Å²) >= 11 is 0. The summed E-state index contributed by atoms with van der Waals surface area (Å²) in [6, 6.07) is 18.3. The monoisotopic (exact) mass is 459 g/mol. The van der Waals surface area contributed by atoms with Gasteiger partial charge in [-0.1, -0.05) is 60.7 Å². The summed E-state index contributed by atoms with van der Waals surface area (Å²) in [6.07, 6.45) is 4.38. The van der Waals surface area contributed by atoms with Crippen LogP contribution in [-0.2, 0) is 16.1 Å². The molecule has 0 aromatic heterocycles. The van der Waals surface area contributed by atoms with E-state index in [-0.39, 0.29) is 24.2 Å². The highest BCUT2D eigenvalue weighted by molar-refractivity contribution is 5.98. The molecule has 3 aliphatic heterocycles. The topological polar surface area (TPSA) is 70.2 Å². The Kier molecular flexibility index (Phi) is 5.73. The fourth-order valence-electron chi connectivity index (χ4n) is 5.25. The Balaban J connectivity index is 1.38. The first-order valence-corrected chi connectivity index (χ1v) is 11.7. The highest BCUT2D eigenvalue weighted by Gasteiger charge is 2.52. The lowest BCUT2D eigenvalue weighted by atomic mass is 9.77. The number of amides is 3. The quantitative estimate of drug-likeness (QED) is 0.510. The summed E-state index contributed by atoms with van der Waals surface area (Å²) in [5, 5.41) is 3.22. The van der Waals surface area contributed by atoms with E-state index in [9.17, 15) is 14.4 Å². The van der Waals surface area contributed by atoms with E-state index in [1.54, 1.807) is 29.2 Å². The van der Waals surface area contributed by atoms with Crippen molar-refractivity contribution in [2.45, 2.75) is 44.8 Å². The molecule has 0 unspecified atom stereocenters. The van der Waals surface area contributed by atoms with E-state index in [0.717, 1.165) is 5.56 Å². The number of para-hydroxylation sites is 1. The molecule has 0 radical (unpaired) electrons. The van der Waals surface area contributed by atoms with Crippen LogP contribution in [0.3, 0.4) is 0 Å². The zero-order chi connectivity index (χ0) is 23.9. The van der Waals surface area contributed by atoms with Crippen LogP contribution >= 0.6 is 0 Å². The van der Waals surface area contributed by atoms with Gasteiger partial charge in [-0.3, -0.25) is 9.59 Å². The highest BCUT2D eigenvalue weighted by Crippen LogP contribution is 2.39. The van der Waals surface area contributed by atoms with Gasteiger partial charge in [-0.15, -0.1) is 0 Å². The van der Waals surface area contributed by atoms with Crippen molar-refractivity contribution in [3.05, 3.63) is 78.4 Å². The van der Waals surface area contributed by atoms with Crippen LogP contribution in [0, 0.1) is 11.8 Å². The van der Waals surface area contributed by atoms with E-state index in [0.29, 0.717) is 25.3 Å². The molecule has 3 atom stereocenters. The molecule has 7 nitrogen and oxygen atoms in total. The number of rotatable bonds is 4. The maximum absolute atomic E-state index is 13.9. The molecule has 3 amide bonds. The van der Waals surface area contributed by atoms with Gasteiger partial charge in [0.1, 0.15) is 5.75 Å². The normalized spacial score (nSPS) is 25.6. The van der Waals surface area contributed by atoms with Crippen molar-refractivity contribution in [2.75, 3.05) is 6.54 Å². The van der Waals surface area contributed by atoms with Crippen LogP contribution in [-0.4, -0.2) is 51.0 Å². The summed E-state index contributed by atoms with van der Waals surface area (Å²) in [5.74, 6) is -0.428. The Bertz CT molecular complexity index is 1120. The van der Waals surface area contributed by atoms with Gasteiger partial charge in [-0.05, 0) is 43.9 Å². The van der Waals surface area contributed by atoms with Gasteiger partial charge in [0.15, 0.2) is 0 Å². The smallest absolute Gasteiger partial charge is 0.410 e. The number of hydrazine groups is 1. The van der Waals surface area contributed by atoms with Crippen LogP contribution < -0.4 is 4.74 Å². The minimum absolute atomic E-state index is 0.0514. The lowest BCUT2D eigenvalue weighted by molar-refractivity contribution is -0.167. The van der Waals surface area contributed by atoms with Crippen LogP contribution in [0.15, 0.2) is 72.8 Å². The molecule has 6 rings (SSSR count). The fraction of sp³-hybridized carbons (Fsp3) is 0.370. The zero-order valence-electron chi connectivity index (χ0n) is 19.5. The van der Waals surface area contributed by atoms with Gasteiger partial charge in [0, 0.05) is 25.0 Å². The third-order valence-corrected chi connectivity index (χ3v) is 6.98. The maximum atomic E-state index is 13.9. The van der Waals surface area contributed by atoms with Gasteiger partial charge in [-0.25, -0.2) is 14.8 Å². The van der Waals surface area contributed by atoms with Gasteiger partial charge < -0.3 is 9.64 Å². The number of fused-ring (bicyclic) bond motifs is 2. The van der Waals surface area contributed by atoms with E-state index >= 15 is 0 Å². The van der Waals surface area contributed by atoms with E-state index in [4.69, 9.17) is 4.74 Å². The van der Waals surface area contributed by atoms with Crippen molar-refractivity contribution < 1.29 is 19.1 Å². The molecule has 2 aromatic rings. The van der Waals surface area contributed by atoms with E-state index in [1.165, 1.54) is 5.01 Å². The Labute approximate surface area is 199 Å². The molecule has 2 bridgehead atoms. The van der Waals surface area contributed by atoms with Gasteiger partial charge in [0.2, 0.25) is 11.8 Å².